The summed E-state index contributed by atoms with van der Waals surface area (Å²) in [5.41, 5.74) is 0. The molecular weight excluding hydrogens is 211 g/mol. The number of hydrogen-bond acceptors (Lipinski definition) is 0. The van der Waals surface area contributed by atoms with Gasteiger partial charge in [0, 0.05) is 0 Å². The highest BCUT2D eigenvalue weighted by Crippen LogP contribution is 2.12. The number of alkyl halides is 1. The van der Waals surface area contributed by atoms with Crippen LogP contribution in [0, 0.1) is 0 Å². The molecule has 0 aromatic carbocycles. The van der Waals surface area contributed by atoms with E-state index in [0.717, 1.165) is 12.8 Å². The zero-order valence-corrected chi connectivity index (χ0v) is 11.6. The molecule has 0 saturated heterocycles. The lowest BCUT2D eigenvalue weighted by atomic mass is 10.0. The highest BCUT2D eigenvalue weighted by Gasteiger charge is 1.93. The van der Waals surface area contributed by atoms with Crippen LogP contribution in [0.4, 0.5) is 4.39 Å². The van der Waals surface area contributed by atoms with Crippen molar-refractivity contribution in [2.75, 3.05) is 6.67 Å². The zero-order valence-electron chi connectivity index (χ0n) is 11.6. The maximum absolute atomic E-state index is 11.8. The van der Waals surface area contributed by atoms with Crippen LogP contribution in [0.3, 0.4) is 0 Å². The van der Waals surface area contributed by atoms with Crippen LogP contribution in [0.15, 0.2) is 12.7 Å². The van der Waals surface area contributed by atoms with Crippen LogP contribution in [-0.2, 0) is 0 Å². The molecule has 0 unspecified atom stereocenters. The smallest absolute Gasteiger partial charge is 0.0894 e. The Bertz CT molecular complexity index is 142. The van der Waals surface area contributed by atoms with Crippen molar-refractivity contribution in [3.05, 3.63) is 12.7 Å². The van der Waals surface area contributed by atoms with E-state index in [2.05, 4.69) is 6.58 Å². The van der Waals surface area contributed by atoms with Crippen LogP contribution < -0.4 is 0 Å². The Balaban J connectivity index is 2.87. The monoisotopic (exact) mass is 242 g/mol. The minimum atomic E-state index is -0.133. The van der Waals surface area contributed by atoms with Gasteiger partial charge in [0.05, 0.1) is 6.67 Å². The van der Waals surface area contributed by atoms with Crippen molar-refractivity contribution in [3.8, 4) is 0 Å². The summed E-state index contributed by atoms with van der Waals surface area (Å²) in [6, 6.07) is 0. The molecular formula is C16H31F. The average molecular weight is 242 g/mol. The molecule has 0 saturated carbocycles. The topological polar surface area (TPSA) is 0 Å². The van der Waals surface area contributed by atoms with Crippen molar-refractivity contribution in [1.29, 1.82) is 0 Å². The SMILES string of the molecule is C=CCCCCCCCCCCCCCCF. The van der Waals surface area contributed by atoms with Gasteiger partial charge in [-0.3, -0.25) is 4.39 Å². The quantitative estimate of drug-likeness (QED) is 0.251. The first-order valence-corrected chi connectivity index (χ1v) is 7.58. The summed E-state index contributed by atoms with van der Waals surface area (Å²) in [7, 11) is 0. The lowest BCUT2D eigenvalue weighted by Crippen LogP contribution is -1.83. The predicted molar refractivity (Wildman–Crippen MR) is 76.2 cm³/mol. The van der Waals surface area contributed by atoms with E-state index < -0.39 is 0 Å². The van der Waals surface area contributed by atoms with Gasteiger partial charge in [-0.25, -0.2) is 0 Å². The van der Waals surface area contributed by atoms with E-state index in [0.29, 0.717) is 0 Å². The van der Waals surface area contributed by atoms with Crippen LogP contribution in [0.25, 0.3) is 0 Å². The van der Waals surface area contributed by atoms with E-state index in [9.17, 15) is 4.39 Å². The number of unbranched alkanes of at least 4 members (excludes halogenated alkanes) is 12. The van der Waals surface area contributed by atoms with E-state index in [1.54, 1.807) is 0 Å². The molecule has 1 heteroatoms. The molecule has 0 radical (unpaired) electrons. The van der Waals surface area contributed by atoms with Crippen LogP contribution in [0.2, 0.25) is 0 Å². The highest BCUT2D eigenvalue weighted by molar-refractivity contribution is 4.65. The van der Waals surface area contributed by atoms with Gasteiger partial charge in [0.15, 0.2) is 0 Å². The maximum atomic E-state index is 11.8. The van der Waals surface area contributed by atoms with Crippen molar-refractivity contribution in [2.24, 2.45) is 0 Å². The Morgan fingerprint density at radius 2 is 0.941 bits per heavy atom. The molecule has 0 rings (SSSR count). The highest BCUT2D eigenvalue weighted by atomic mass is 19.1. The summed E-state index contributed by atoms with van der Waals surface area (Å²) in [6.07, 6.45) is 18.6. The number of hydrogen-bond donors (Lipinski definition) is 0. The largest absolute Gasteiger partial charge is 0.251 e. The van der Waals surface area contributed by atoms with Gasteiger partial charge in [-0.05, 0) is 19.3 Å². The van der Waals surface area contributed by atoms with Gasteiger partial charge in [0.25, 0.3) is 0 Å². The molecule has 0 aromatic rings. The molecule has 0 bridgehead atoms. The molecule has 0 aliphatic carbocycles. The standard InChI is InChI=1S/C16H31F/c1-2-3-4-5-6-7-8-9-10-11-12-13-14-15-16-17/h2H,1,3-16H2. The summed E-state index contributed by atoms with van der Waals surface area (Å²) in [4.78, 5) is 0. The summed E-state index contributed by atoms with van der Waals surface area (Å²) in [6.45, 7) is 3.60. The Hall–Kier alpha value is -0.330. The lowest BCUT2D eigenvalue weighted by molar-refractivity contribution is 0.448. The summed E-state index contributed by atoms with van der Waals surface area (Å²) in [5.74, 6) is 0. The summed E-state index contributed by atoms with van der Waals surface area (Å²) < 4.78 is 11.8. The third-order valence-corrected chi connectivity index (χ3v) is 3.29. The van der Waals surface area contributed by atoms with E-state index in [-0.39, 0.29) is 6.67 Å². The fourth-order valence-corrected chi connectivity index (χ4v) is 2.15. The second-order valence-electron chi connectivity index (χ2n) is 5.01. The van der Waals surface area contributed by atoms with Crippen LogP contribution in [-0.4, -0.2) is 6.67 Å². The van der Waals surface area contributed by atoms with Gasteiger partial charge in [0.1, 0.15) is 0 Å². The molecule has 17 heavy (non-hydrogen) atoms. The second kappa shape index (κ2) is 15.7. The molecule has 0 amide bonds. The van der Waals surface area contributed by atoms with Gasteiger partial charge in [-0.2, -0.15) is 0 Å². The minimum Gasteiger partial charge on any atom is -0.251 e. The molecule has 0 nitrogen and oxygen atoms in total. The normalized spacial score (nSPS) is 10.6. The number of rotatable bonds is 14. The first kappa shape index (κ1) is 16.7. The summed E-state index contributed by atoms with van der Waals surface area (Å²) >= 11 is 0. The fourth-order valence-electron chi connectivity index (χ4n) is 2.15. The molecule has 0 aromatic heterocycles. The molecule has 0 spiro atoms. The minimum absolute atomic E-state index is 0.133. The Kier molecular flexibility index (Phi) is 15.4. The van der Waals surface area contributed by atoms with E-state index in [1.165, 1.54) is 70.6 Å². The van der Waals surface area contributed by atoms with E-state index in [4.69, 9.17) is 0 Å². The van der Waals surface area contributed by atoms with Crippen LogP contribution in [0.5, 0.6) is 0 Å². The van der Waals surface area contributed by atoms with Crippen molar-refractivity contribution < 1.29 is 4.39 Å². The van der Waals surface area contributed by atoms with E-state index >= 15 is 0 Å². The molecule has 0 aliphatic rings. The number of allylic oxidation sites excluding steroid dienone is 1. The maximum Gasteiger partial charge on any atom is 0.0894 e. The number of halogens is 1. The summed E-state index contributed by atoms with van der Waals surface area (Å²) in [5, 5.41) is 0. The first-order chi connectivity index (χ1) is 8.41. The zero-order chi connectivity index (χ0) is 12.6. The van der Waals surface area contributed by atoms with Gasteiger partial charge in [0.2, 0.25) is 0 Å². The van der Waals surface area contributed by atoms with E-state index in [1.807, 2.05) is 6.08 Å². The lowest BCUT2D eigenvalue weighted by Gasteiger charge is -2.02. The fraction of sp³-hybridized carbons (Fsp3) is 0.875. The predicted octanol–water partition coefficient (Wildman–Crippen LogP) is 6.21. The molecule has 0 heterocycles. The third-order valence-electron chi connectivity index (χ3n) is 3.29. The Labute approximate surface area is 108 Å². The molecule has 102 valence electrons. The molecule has 0 aliphatic heterocycles. The van der Waals surface area contributed by atoms with Gasteiger partial charge in [-0.1, -0.05) is 70.3 Å². The van der Waals surface area contributed by atoms with Crippen molar-refractivity contribution >= 4 is 0 Å². The van der Waals surface area contributed by atoms with Crippen LogP contribution >= 0.6 is 0 Å². The van der Waals surface area contributed by atoms with Gasteiger partial charge >= 0.3 is 0 Å². The molecule has 0 atom stereocenters. The van der Waals surface area contributed by atoms with Crippen LogP contribution in [0.1, 0.15) is 83.5 Å². The second-order valence-corrected chi connectivity index (χ2v) is 5.01. The Morgan fingerprint density at radius 3 is 1.29 bits per heavy atom. The average Bonchev–Trinajstić information content (AvgIpc) is 2.35. The third kappa shape index (κ3) is 15.7. The first-order valence-electron chi connectivity index (χ1n) is 7.58. The van der Waals surface area contributed by atoms with Gasteiger partial charge in [-0.15, -0.1) is 6.58 Å². The van der Waals surface area contributed by atoms with Crippen molar-refractivity contribution in [1.82, 2.24) is 0 Å². The van der Waals surface area contributed by atoms with Crippen molar-refractivity contribution in [2.45, 2.75) is 83.5 Å². The Morgan fingerprint density at radius 1 is 0.588 bits per heavy atom. The molecule has 0 fully saturated rings. The van der Waals surface area contributed by atoms with Crippen molar-refractivity contribution in [3.63, 3.8) is 0 Å². The van der Waals surface area contributed by atoms with Gasteiger partial charge < -0.3 is 0 Å². The molecule has 0 N–H and O–H groups in total.